The largest absolute Gasteiger partial charge is 0.366 e. The summed E-state index contributed by atoms with van der Waals surface area (Å²) in [4.78, 5) is 15.1. The molecule has 0 aliphatic rings. The second-order valence-corrected chi connectivity index (χ2v) is 4.11. The van der Waals surface area contributed by atoms with Gasteiger partial charge in [-0.2, -0.15) is 0 Å². The molecule has 0 fully saturated rings. The van der Waals surface area contributed by atoms with Crippen LogP contribution in [0.5, 0.6) is 0 Å². The van der Waals surface area contributed by atoms with Gasteiger partial charge >= 0.3 is 0 Å². The van der Waals surface area contributed by atoms with E-state index in [0.717, 1.165) is 12.8 Å². The highest BCUT2D eigenvalue weighted by Gasteiger charge is 2.24. The van der Waals surface area contributed by atoms with Gasteiger partial charge in [0.2, 0.25) is 5.91 Å². The van der Waals surface area contributed by atoms with Crippen LogP contribution in [0.25, 0.3) is 0 Å². The maximum atomic E-state index is 10.9. The molecule has 1 aromatic heterocycles. The highest BCUT2D eigenvalue weighted by atomic mass is 16.1. The molecule has 1 amide bonds. The molecular weight excluding hydrogens is 216 g/mol. The Kier molecular flexibility index (Phi) is 4.45. The average Bonchev–Trinajstić information content (AvgIpc) is 2.37. The third kappa shape index (κ3) is 3.17. The number of nitrogens with zero attached hydrogens (tertiary/aromatic N) is 1. The quantitative estimate of drug-likeness (QED) is 0.689. The number of primary amides is 1. The summed E-state index contributed by atoms with van der Waals surface area (Å²) >= 11 is 0. The van der Waals surface area contributed by atoms with Crippen molar-refractivity contribution in [1.29, 1.82) is 0 Å². The number of hydrogen-bond donors (Lipinski definition) is 3. The number of anilines is 1. The molecule has 1 aromatic rings. The van der Waals surface area contributed by atoms with Gasteiger partial charge in [0.05, 0.1) is 11.1 Å². The molecule has 5 nitrogen and oxygen atoms in total. The van der Waals surface area contributed by atoms with E-state index >= 15 is 0 Å². The van der Waals surface area contributed by atoms with E-state index in [9.17, 15) is 4.79 Å². The number of carbonyl (C=O) groups excluding carboxylic acids is 1. The minimum Gasteiger partial charge on any atom is -0.366 e. The van der Waals surface area contributed by atoms with Crippen LogP contribution in [0.3, 0.4) is 0 Å². The fraction of sp³-hybridized carbons (Fsp3) is 0.500. The summed E-state index contributed by atoms with van der Waals surface area (Å²) in [5.74, 6) is 0.240. The van der Waals surface area contributed by atoms with Crippen LogP contribution in [0.4, 0.5) is 5.82 Å². The molecule has 94 valence electrons. The Bertz CT molecular complexity index is 362. The first-order valence-electron chi connectivity index (χ1n) is 5.81. The summed E-state index contributed by atoms with van der Waals surface area (Å²) in [6.45, 7) is 4.71. The van der Waals surface area contributed by atoms with E-state index in [1.165, 1.54) is 6.20 Å². The molecule has 0 aliphatic heterocycles. The smallest absolute Gasteiger partial charge is 0.250 e. The maximum Gasteiger partial charge on any atom is 0.250 e. The van der Waals surface area contributed by atoms with Crippen molar-refractivity contribution >= 4 is 11.7 Å². The van der Waals surface area contributed by atoms with E-state index in [1.54, 1.807) is 12.1 Å². The van der Waals surface area contributed by atoms with Crippen LogP contribution in [0.1, 0.15) is 37.0 Å². The summed E-state index contributed by atoms with van der Waals surface area (Å²) in [5.41, 5.74) is 11.2. The minimum absolute atomic E-state index is 0.138. The summed E-state index contributed by atoms with van der Waals surface area (Å²) in [5, 5.41) is 3.32. The molecular formula is C12H20N4O. The van der Waals surface area contributed by atoms with Gasteiger partial charge in [-0.25, -0.2) is 4.98 Å². The Balaban J connectivity index is 2.84. The maximum absolute atomic E-state index is 10.9. The molecule has 0 spiro atoms. The van der Waals surface area contributed by atoms with Crippen molar-refractivity contribution in [3.8, 4) is 0 Å². The van der Waals surface area contributed by atoms with Crippen molar-refractivity contribution in [2.45, 2.75) is 32.2 Å². The van der Waals surface area contributed by atoms with Crippen molar-refractivity contribution in [2.24, 2.45) is 11.5 Å². The molecule has 0 saturated heterocycles. The minimum atomic E-state index is -0.472. The molecule has 0 unspecified atom stereocenters. The zero-order valence-corrected chi connectivity index (χ0v) is 10.4. The molecule has 0 radical (unpaired) electrons. The second kappa shape index (κ2) is 5.63. The first-order valence-corrected chi connectivity index (χ1v) is 5.81. The van der Waals surface area contributed by atoms with Gasteiger partial charge in [0, 0.05) is 12.7 Å². The van der Waals surface area contributed by atoms with Crippen LogP contribution < -0.4 is 16.8 Å². The lowest BCUT2D eigenvalue weighted by Gasteiger charge is -2.32. The molecule has 1 heterocycles. The van der Waals surface area contributed by atoms with Gasteiger partial charge in [0.1, 0.15) is 5.82 Å². The molecule has 17 heavy (non-hydrogen) atoms. The van der Waals surface area contributed by atoms with Crippen molar-refractivity contribution in [2.75, 3.05) is 11.9 Å². The Morgan fingerprint density at radius 2 is 2.06 bits per heavy atom. The number of carbonyl (C=O) groups is 1. The summed E-state index contributed by atoms with van der Waals surface area (Å²) < 4.78 is 0. The first-order chi connectivity index (χ1) is 8.06. The molecule has 5 N–H and O–H groups in total. The molecule has 5 heteroatoms. The fourth-order valence-electron chi connectivity index (χ4n) is 1.65. The normalized spacial score (nSPS) is 11.2. The van der Waals surface area contributed by atoms with Gasteiger partial charge in [0.25, 0.3) is 0 Å². The van der Waals surface area contributed by atoms with Crippen molar-refractivity contribution < 1.29 is 4.79 Å². The van der Waals surface area contributed by atoms with Crippen LogP contribution in [0, 0.1) is 0 Å². The van der Waals surface area contributed by atoms with Crippen molar-refractivity contribution in [3.63, 3.8) is 0 Å². The van der Waals surface area contributed by atoms with Gasteiger partial charge in [-0.1, -0.05) is 13.8 Å². The number of nitrogens with two attached hydrogens (primary N) is 2. The van der Waals surface area contributed by atoms with Crippen LogP contribution >= 0.6 is 0 Å². The van der Waals surface area contributed by atoms with Gasteiger partial charge in [0.15, 0.2) is 0 Å². The van der Waals surface area contributed by atoms with E-state index in [2.05, 4.69) is 24.1 Å². The number of aromatic nitrogens is 1. The average molecular weight is 236 g/mol. The van der Waals surface area contributed by atoms with Crippen LogP contribution in [-0.4, -0.2) is 23.0 Å². The van der Waals surface area contributed by atoms with Crippen LogP contribution in [-0.2, 0) is 0 Å². The fourth-order valence-corrected chi connectivity index (χ4v) is 1.65. The number of pyridine rings is 1. The number of nitrogens with one attached hydrogen (secondary N) is 1. The molecule has 0 saturated carbocycles. The van der Waals surface area contributed by atoms with E-state index < -0.39 is 5.91 Å². The predicted octanol–water partition coefficient (Wildman–Crippen LogP) is 1.11. The van der Waals surface area contributed by atoms with Gasteiger partial charge in [-0.05, 0) is 25.0 Å². The Labute approximate surface area is 102 Å². The van der Waals surface area contributed by atoms with Crippen molar-refractivity contribution in [1.82, 2.24) is 4.98 Å². The van der Waals surface area contributed by atoms with Gasteiger partial charge in [-0.3, -0.25) is 4.79 Å². The monoisotopic (exact) mass is 236 g/mol. The van der Waals surface area contributed by atoms with E-state index in [4.69, 9.17) is 11.5 Å². The highest BCUT2D eigenvalue weighted by Crippen LogP contribution is 2.19. The standard InChI is InChI=1S/C12H20N4O/c1-3-12(4-2,8-13)16-10-6-5-9(7-15-10)11(14)17/h5-7H,3-4,8,13H2,1-2H3,(H2,14,17)(H,15,16). The lowest BCUT2D eigenvalue weighted by molar-refractivity contribution is 0.1000. The summed E-state index contributed by atoms with van der Waals surface area (Å²) in [7, 11) is 0. The third-order valence-electron chi connectivity index (χ3n) is 3.19. The van der Waals surface area contributed by atoms with Crippen LogP contribution in [0.15, 0.2) is 18.3 Å². The number of amides is 1. The van der Waals surface area contributed by atoms with Gasteiger partial charge < -0.3 is 16.8 Å². The molecule has 0 atom stereocenters. The highest BCUT2D eigenvalue weighted by molar-refractivity contribution is 5.92. The van der Waals surface area contributed by atoms with E-state index in [-0.39, 0.29) is 5.54 Å². The lowest BCUT2D eigenvalue weighted by Crippen LogP contribution is -2.44. The number of hydrogen-bond acceptors (Lipinski definition) is 4. The van der Waals surface area contributed by atoms with Crippen molar-refractivity contribution in [3.05, 3.63) is 23.9 Å². The lowest BCUT2D eigenvalue weighted by atomic mass is 9.93. The summed E-state index contributed by atoms with van der Waals surface area (Å²) in [6.07, 6.45) is 3.30. The molecule has 0 aromatic carbocycles. The zero-order valence-electron chi connectivity index (χ0n) is 10.4. The molecule has 0 bridgehead atoms. The SMILES string of the molecule is CCC(CC)(CN)Nc1ccc(C(N)=O)cn1. The van der Waals surface area contributed by atoms with Crippen LogP contribution in [0.2, 0.25) is 0 Å². The molecule has 0 aliphatic carbocycles. The second-order valence-electron chi connectivity index (χ2n) is 4.11. The first kappa shape index (κ1) is 13.4. The van der Waals surface area contributed by atoms with E-state index in [0.29, 0.717) is 17.9 Å². The third-order valence-corrected chi connectivity index (χ3v) is 3.19. The van der Waals surface area contributed by atoms with Gasteiger partial charge in [-0.15, -0.1) is 0 Å². The summed E-state index contributed by atoms with van der Waals surface area (Å²) in [6, 6.07) is 3.40. The topological polar surface area (TPSA) is 94.0 Å². The molecule has 1 rings (SSSR count). The predicted molar refractivity (Wildman–Crippen MR) is 68.7 cm³/mol. The van der Waals surface area contributed by atoms with E-state index in [1.807, 2.05) is 0 Å². The number of rotatable bonds is 6. The Morgan fingerprint density at radius 1 is 1.41 bits per heavy atom. The Hall–Kier alpha value is -1.62. The zero-order chi connectivity index (χ0) is 12.9. The Morgan fingerprint density at radius 3 is 2.41 bits per heavy atom.